The molecule has 0 radical (unpaired) electrons. The molecule has 0 amide bonds. The molecule has 0 saturated heterocycles. The molecular weight excluding hydrogens is 306 g/mol. The lowest BCUT2D eigenvalue weighted by atomic mass is 10.1. The van der Waals surface area contributed by atoms with Gasteiger partial charge in [0.15, 0.2) is 6.23 Å². The second-order valence-corrected chi connectivity index (χ2v) is 5.25. The molecule has 0 fully saturated rings. The third kappa shape index (κ3) is 5.95. The normalized spacial score (nSPS) is 15.9. The van der Waals surface area contributed by atoms with Gasteiger partial charge in [-0.05, 0) is 24.6 Å². The summed E-state index contributed by atoms with van der Waals surface area (Å²) < 4.78 is 16.9. The molecule has 1 aliphatic rings. The zero-order valence-corrected chi connectivity index (χ0v) is 13.9. The minimum atomic E-state index is -0.264. The molecule has 2 rings (SSSR count). The van der Waals surface area contributed by atoms with E-state index < -0.39 is 0 Å². The van der Waals surface area contributed by atoms with E-state index in [1.54, 1.807) is 12.1 Å². The van der Waals surface area contributed by atoms with Gasteiger partial charge in [-0.2, -0.15) is 0 Å². The maximum absolute atomic E-state index is 10.2. The minimum absolute atomic E-state index is 0.213. The fraction of sp³-hybridized carbons (Fsp3) is 0.368. The second kappa shape index (κ2) is 10.3. The number of nitrogens with one attached hydrogen (secondary N) is 1. The first-order chi connectivity index (χ1) is 11.8. The van der Waals surface area contributed by atoms with Crippen molar-refractivity contribution in [3.63, 3.8) is 0 Å². The van der Waals surface area contributed by atoms with Crippen molar-refractivity contribution in [2.75, 3.05) is 19.8 Å². The molecule has 1 N–H and O–H groups in total. The summed E-state index contributed by atoms with van der Waals surface area (Å²) in [5.74, 6) is 3.19. The summed E-state index contributed by atoms with van der Waals surface area (Å²) in [7, 11) is 0. The van der Waals surface area contributed by atoms with E-state index in [1.807, 2.05) is 36.4 Å². The van der Waals surface area contributed by atoms with Gasteiger partial charge in [-0.25, -0.2) is 4.79 Å². The van der Waals surface area contributed by atoms with Gasteiger partial charge in [-0.3, -0.25) is 0 Å². The number of para-hydroxylation sites is 1. The lowest BCUT2D eigenvalue weighted by Gasteiger charge is -2.22. The summed E-state index contributed by atoms with van der Waals surface area (Å²) in [6.07, 6.45) is 8.77. The number of unbranched alkanes of at least 4 members (excludes halogenated alkanes) is 1. The molecule has 1 aromatic rings. The van der Waals surface area contributed by atoms with Gasteiger partial charge in [0.1, 0.15) is 24.1 Å². The van der Waals surface area contributed by atoms with E-state index in [0.29, 0.717) is 12.4 Å². The highest BCUT2D eigenvalue weighted by Gasteiger charge is 2.12. The van der Waals surface area contributed by atoms with Crippen LogP contribution in [0.1, 0.15) is 25.3 Å². The topological polar surface area (TPSA) is 56.8 Å². The van der Waals surface area contributed by atoms with Gasteiger partial charge >= 0.3 is 0 Å². The number of carbonyl (C=O) groups excluding carboxylic acids is 1. The van der Waals surface area contributed by atoms with Crippen LogP contribution in [0, 0.1) is 0 Å². The zero-order valence-electron chi connectivity index (χ0n) is 13.9. The summed E-state index contributed by atoms with van der Waals surface area (Å²) in [5.41, 5.74) is 1.06. The van der Waals surface area contributed by atoms with Crippen LogP contribution in [-0.2, 0) is 14.3 Å². The molecule has 24 heavy (non-hydrogen) atoms. The van der Waals surface area contributed by atoms with E-state index in [0.717, 1.165) is 24.2 Å². The fourth-order valence-electron chi connectivity index (χ4n) is 2.08. The van der Waals surface area contributed by atoms with Crippen molar-refractivity contribution < 1.29 is 19.0 Å². The molecule has 1 unspecified atom stereocenters. The molecule has 1 heterocycles. The zero-order chi connectivity index (χ0) is 17.0. The van der Waals surface area contributed by atoms with E-state index in [1.165, 1.54) is 6.08 Å². The SMILES string of the molecule is CCCCOC(=CNC1C=Cc2ccccc2O1)COCC=C=O. The van der Waals surface area contributed by atoms with Gasteiger partial charge in [-0.1, -0.05) is 31.5 Å². The van der Waals surface area contributed by atoms with Crippen LogP contribution < -0.4 is 10.1 Å². The van der Waals surface area contributed by atoms with E-state index in [4.69, 9.17) is 14.2 Å². The first-order valence-corrected chi connectivity index (χ1v) is 8.12. The van der Waals surface area contributed by atoms with E-state index in [9.17, 15) is 4.79 Å². The highest BCUT2D eigenvalue weighted by molar-refractivity contribution is 5.59. The van der Waals surface area contributed by atoms with Crippen molar-refractivity contribution in [3.8, 4) is 5.75 Å². The average molecular weight is 329 g/mol. The summed E-state index contributed by atoms with van der Waals surface area (Å²) in [6.45, 7) is 3.22. The third-order valence-electron chi connectivity index (χ3n) is 3.35. The largest absolute Gasteiger partial charge is 0.494 e. The van der Waals surface area contributed by atoms with Crippen molar-refractivity contribution in [1.29, 1.82) is 0 Å². The van der Waals surface area contributed by atoms with Gasteiger partial charge in [0.05, 0.1) is 13.2 Å². The Morgan fingerprint density at radius 1 is 1.42 bits per heavy atom. The standard InChI is InChI=1S/C19H23NO4/c1-2-3-13-23-17(15-22-12-6-11-21)14-20-19-10-9-16-7-4-5-8-18(16)24-19/h4-10,14,19-20H,2-3,12-13,15H2,1H3. The van der Waals surface area contributed by atoms with Crippen LogP contribution in [0.25, 0.3) is 6.08 Å². The summed E-state index contributed by atoms with van der Waals surface area (Å²) in [5, 5.41) is 3.17. The van der Waals surface area contributed by atoms with Crippen molar-refractivity contribution in [3.05, 3.63) is 53.9 Å². The number of fused-ring (bicyclic) bond motifs is 1. The minimum Gasteiger partial charge on any atom is -0.494 e. The lowest BCUT2D eigenvalue weighted by molar-refractivity contribution is 0.109. The second-order valence-electron chi connectivity index (χ2n) is 5.25. The maximum Gasteiger partial charge on any atom is 0.189 e. The molecule has 1 aliphatic heterocycles. The van der Waals surface area contributed by atoms with Gasteiger partial charge in [0.2, 0.25) is 0 Å². The van der Waals surface area contributed by atoms with Crippen LogP contribution in [0.4, 0.5) is 0 Å². The Balaban J connectivity index is 1.89. The summed E-state index contributed by atoms with van der Waals surface area (Å²) >= 11 is 0. The van der Waals surface area contributed by atoms with Crippen LogP contribution in [0.15, 0.2) is 48.4 Å². The first-order valence-electron chi connectivity index (χ1n) is 8.12. The number of hydrogen-bond donors (Lipinski definition) is 1. The first kappa shape index (κ1) is 17.9. The van der Waals surface area contributed by atoms with Crippen LogP contribution >= 0.6 is 0 Å². The van der Waals surface area contributed by atoms with E-state index >= 15 is 0 Å². The van der Waals surface area contributed by atoms with Gasteiger partial charge in [0, 0.05) is 17.8 Å². The molecule has 0 bridgehead atoms. The number of rotatable bonds is 10. The highest BCUT2D eigenvalue weighted by Crippen LogP contribution is 2.24. The predicted molar refractivity (Wildman–Crippen MR) is 93.1 cm³/mol. The van der Waals surface area contributed by atoms with Crippen LogP contribution in [-0.4, -0.2) is 32.0 Å². The Kier molecular flexibility index (Phi) is 7.68. The third-order valence-corrected chi connectivity index (χ3v) is 3.35. The molecule has 0 saturated carbocycles. The van der Waals surface area contributed by atoms with Crippen molar-refractivity contribution in [2.24, 2.45) is 0 Å². The molecule has 0 aliphatic carbocycles. The molecule has 5 nitrogen and oxygen atoms in total. The van der Waals surface area contributed by atoms with Gasteiger partial charge in [0.25, 0.3) is 0 Å². The number of benzene rings is 1. The molecular formula is C19H23NO4. The average Bonchev–Trinajstić information content (AvgIpc) is 2.62. The van der Waals surface area contributed by atoms with Crippen molar-refractivity contribution in [1.82, 2.24) is 5.32 Å². The Bertz CT molecular complexity index is 618. The lowest BCUT2D eigenvalue weighted by Crippen LogP contribution is -2.30. The molecule has 1 atom stereocenters. The van der Waals surface area contributed by atoms with E-state index in [2.05, 4.69) is 12.2 Å². The van der Waals surface area contributed by atoms with Gasteiger partial charge < -0.3 is 19.5 Å². The molecule has 128 valence electrons. The number of hydrogen-bond acceptors (Lipinski definition) is 5. The Hall–Kier alpha value is -2.49. The number of ether oxygens (including phenoxy) is 3. The van der Waals surface area contributed by atoms with Crippen molar-refractivity contribution >= 4 is 12.0 Å². The molecule has 0 aromatic heterocycles. The Morgan fingerprint density at radius 3 is 3.12 bits per heavy atom. The summed E-state index contributed by atoms with van der Waals surface area (Å²) in [6, 6.07) is 7.86. The maximum atomic E-state index is 10.2. The molecule has 0 spiro atoms. The predicted octanol–water partition coefficient (Wildman–Crippen LogP) is 3.07. The van der Waals surface area contributed by atoms with Crippen LogP contribution in [0.5, 0.6) is 5.75 Å². The monoisotopic (exact) mass is 329 g/mol. The molecule has 1 aromatic carbocycles. The van der Waals surface area contributed by atoms with Crippen molar-refractivity contribution in [2.45, 2.75) is 26.0 Å². The highest BCUT2D eigenvalue weighted by atomic mass is 16.5. The Labute approximate surface area is 142 Å². The Morgan fingerprint density at radius 2 is 2.29 bits per heavy atom. The quantitative estimate of drug-likeness (QED) is 0.406. The van der Waals surface area contributed by atoms with Crippen LogP contribution in [0.2, 0.25) is 0 Å². The smallest absolute Gasteiger partial charge is 0.189 e. The molecule has 5 heteroatoms. The van der Waals surface area contributed by atoms with Gasteiger partial charge in [-0.15, -0.1) is 0 Å². The summed E-state index contributed by atoms with van der Waals surface area (Å²) in [4.78, 5) is 10.2. The van der Waals surface area contributed by atoms with E-state index in [-0.39, 0.29) is 19.4 Å². The van der Waals surface area contributed by atoms with Crippen LogP contribution in [0.3, 0.4) is 0 Å². The fourth-order valence-corrected chi connectivity index (χ4v) is 2.08.